The van der Waals surface area contributed by atoms with E-state index in [2.05, 4.69) is 6.92 Å². The monoisotopic (exact) mass is 320 g/mol. The average molecular weight is 321 g/mol. The van der Waals surface area contributed by atoms with Crippen LogP contribution >= 0.6 is 0 Å². The highest BCUT2D eigenvalue weighted by Gasteiger charge is 1.94. The highest BCUT2D eigenvalue weighted by molar-refractivity contribution is 6.26. The van der Waals surface area contributed by atoms with Crippen molar-refractivity contribution in [3.05, 3.63) is 0 Å². The van der Waals surface area contributed by atoms with Crippen LogP contribution in [0.4, 0.5) is 0 Å². The van der Waals surface area contributed by atoms with Gasteiger partial charge in [-0.15, -0.1) is 0 Å². The Morgan fingerprint density at radius 3 is 1.67 bits per heavy atom. The first-order valence-corrected chi connectivity index (χ1v) is 9.19. The van der Waals surface area contributed by atoms with Gasteiger partial charge < -0.3 is 23.4 Å². The summed E-state index contributed by atoms with van der Waals surface area (Å²) < 4.78 is 26.8. The van der Waals surface area contributed by atoms with Crippen LogP contribution < -0.4 is 0 Å². The maximum Gasteiger partial charge on any atom is 0.229 e. The van der Waals surface area contributed by atoms with Crippen LogP contribution in [0.3, 0.4) is 0 Å². The number of hydrogen-bond donors (Lipinski definition) is 0. The lowest BCUT2D eigenvalue weighted by Crippen LogP contribution is -2.13. The second-order valence-electron chi connectivity index (χ2n) is 4.48. The summed E-state index contributed by atoms with van der Waals surface area (Å²) in [5.41, 5.74) is 0. The molecule has 0 aromatic rings. The van der Waals surface area contributed by atoms with Gasteiger partial charge in [-0.2, -0.15) is 0 Å². The third-order valence-electron chi connectivity index (χ3n) is 2.63. The smallest absolute Gasteiger partial charge is 0.229 e. The van der Waals surface area contributed by atoms with Crippen molar-refractivity contribution >= 4 is 9.76 Å². The van der Waals surface area contributed by atoms with Crippen LogP contribution in [-0.2, 0) is 23.4 Å². The summed E-state index contributed by atoms with van der Waals surface area (Å²) in [5, 5.41) is 0. The van der Waals surface area contributed by atoms with Gasteiger partial charge in [0.1, 0.15) is 0 Å². The van der Waals surface area contributed by atoms with Crippen molar-refractivity contribution in [2.75, 3.05) is 59.5 Å². The summed E-state index contributed by atoms with van der Waals surface area (Å²) in [5.74, 6) is 0. The second-order valence-corrected chi connectivity index (χ2v) is 5.56. The molecule has 126 valence electrons. The molecular weight excluding hydrogens is 288 g/mol. The Labute approximate surface area is 132 Å². The van der Waals surface area contributed by atoms with Crippen LogP contribution in [0.15, 0.2) is 0 Å². The summed E-state index contributed by atoms with van der Waals surface area (Å²) in [4.78, 5) is 0. The van der Waals surface area contributed by atoms with Gasteiger partial charge in [0.25, 0.3) is 0 Å². The maximum atomic E-state index is 5.50. The second kappa shape index (κ2) is 20.0. The zero-order valence-corrected chi connectivity index (χ0v) is 14.7. The molecule has 0 aromatic carbocycles. The number of rotatable bonds is 18. The third kappa shape index (κ3) is 20.0. The number of ether oxygens (including phenoxy) is 4. The largest absolute Gasteiger partial charge is 0.415 e. The molecule has 0 spiro atoms. The van der Waals surface area contributed by atoms with Crippen molar-refractivity contribution in [3.8, 4) is 0 Å². The molecule has 0 rings (SSSR count). The molecule has 0 aliphatic rings. The lowest BCUT2D eigenvalue weighted by atomic mass is 10.3. The molecule has 0 aliphatic carbocycles. The number of hydrogen-bond acceptors (Lipinski definition) is 5. The van der Waals surface area contributed by atoms with E-state index in [-0.39, 0.29) is 0 Å². The summed E-state index contributed by atoms with van der Waals surface area (Å²) >= 11 is 0. The van der Waals surface area contributed by atoms with Crippen LogP contribution in [0.25, 0.3) is 0 Å². The Morgan fingerprint density at radius 1 is 0.619 bits per heavy atom. The molecule has 0 aromatic heterocycles. The van der Waals surface area contributed by atoms with Crippen molar-refractivity contribution < 1.29 is 23.4 Å². The van der Waals surface area contributed by atoms with Gasteiger partial charge in [-0.25, -0.2) is 0 Å². The van der Waals surface area contributed by atoms with Gasteiger partial charge in [-0.1, -0.05) is 26.2 Å². The molecule has 0 unspecified atom stereocenters. The van der Waals surface area contributed by atoms with Crippen molar-refractivity contribution in [1.82, 2.24) is 0 Å². The third-order valence-corrected chi connectivity index (χ3v) is 3.60. The van der Waals surface area contributed by atoms with Gasteiger partial charge in [0.05, 0.1) is 52.9 Å². The zero-order valence-electron chi connectivity index (χ0n) is 13.7. The summed E-state index contributed by atoms with van der Waals surface area (Å²) in [6.45, 7) is 9.96. The first kappa shape index (κ1) is 21.0. The van der Waals surface area contributed by atoms with Gasteiger partial charge in [0.15, 0.2) is 0 Å². The first-order chi connectivity index (χ1) is 10.4. The molecule has 0 aliphatic heterocycles. The fourth-order valence-electron chi connectivity index (χ4n) is 1.50. The fourth-order valence-corrected chi connectivity index (χ4v) is 2.26. The fraction of sp³-hybridized carbons (Fsp3) is 1.00. The van der Waals surface area contributed by atoms with Gasteiger partial charge in [-0.05, 0) is 13.0 Å². The molecule has 0 N–H and O–H groups in total. The summed E-state index contributed by atoms with van der Waals surface area (Å²) in [6.07, 6.45) is 3.85. The van der Waals surface area contributed by atoms with Crippen molar-refractivity contribution in [1.29, 1.82) is 0 Å². The molecule has 2 radical (unpaired) electrons. The first-order valence-electron chi connectivity index (χ1n) is 8.07. The lowest BCUT2D eigenvalue weighted by molar-refractivity contribution is -0.00335. The molecule has 0 saturated heterocycles. The minimum Gasteiger partial charge on any atom is -0.415 e. The molecule has 0 fully saturated rings. The Morgan fingerprint density at radius 2 is 1.14 bits per heavy atom. The standard InChI is InChI=1S/C15H32O5Si/c1-3-5-6-15-21-20-14-13-19-12-11-18-10-9-17-8-7-16-4-2/h3-15H2,1-2H3. The molecule has 0 heterocycles. The Kier molecular flexibility index (Phi) is 20.0. The van der Waals surface area contributed by atoms with Crippen LogP contribution in [0.5, 0.6) is 0 Å². The van der Waals surface area contributed by atoms with Gasteiger partial charge in [0.2, 0.25) is 9.76 Å². The van der Waals surface area contributed by atoms with Gasteiger partial charge in [-0.3, -0.25) is 0 Å². The quantitative estimate of drug-likeness (QED) is 0.286. The normalized spacial score (nSPS) is 11.1. The topological polar surface area (TPSA) is 46.2 Å². The lowest BCUT2D eigenvalue weighted by Gasteiger charge is -2.07. The van der Waals surface area contributed by atoms with E-state index >= 15 is 0 Å². The Bertz CT molecular complexity index is 165. The van der Waals surface area contributed by atoms with E-state index in [0.717, 1.165) is 6.61 Å². The Hall–Kier alpha value is 0.0169. The minimum absolute atomic E-state index is 0.602. The SMILES string of the molecule is CCCCC[Si]OCCOCCOCCOCCOCC. The van der Waals surface area contributed by atoms with Crippen molar-refractivity contribution in [2.45, 2.75) is 39.2 Å². The number of unbranched alkanes of at least 4 members (excludes halogenated alkanes) is 2. The van der Waals surface area contributed by atoms with E-state index in [1.54, 1.807) is 0 Å². The van der Waals surface area contributed by atoms with Gasteiger partial charge >= 0.3 is 0 Å². The minimum atomic E-state index is 0.602. The molecule has 0 bridgehead atoms. The highest BCUT2D eigenvalue weighted by atomic mass is 28.2. The maximum absolute atomic E-state index is 5.50. The van der Waals surface area contributed by atoms with Crippen molar-refractivity contribution in [2.24, 2.45) is 0 Å². The van der Waals surface area contributed by atoms with Crippen LogP contribution in [0, 0.1) is 0 Å². The van der Waals surface area contributed by atoms with Crippen molar-refractivity contribution in [3.63, 3.8) is 0 Å². The van der Waals surface area contributed by atoms with E-state index in [1.165, 1.54) is 25.3 Å². The average Bonchev–Trinajstić information content (AvgIpc) is 2.50. The van der Waals surface area contributed by atoms with E-state index in [1.807, 2.05) is 6.92 Å². The highest BCUT2D eigenvalue weighted by Crippen LogP contribution is 1.98. The summed E-state index contributed by atoms with van der Waals surface area (Å²) in [6, 6.07) is 1.18. The molecule has 21 heavy (non-hydrogen) atoms. The molecular formula is C15H32O5Si. The molecule has 5 nitrogen and oxygen atoms in total. The summed E-state index contributed by atoms with van der Waals surface area (Å²) in [7, 11) is 0.616. The molecule has 0 saturated carbocycles. The van der Waals surface area contributed by atoms with E-state index in [0.29, 0.717) is 62.6 Å². The predicted octanol–water partition coefficient (Wildman–Crippen LogP) is 2.32. The van der Waals surface area contributed by atoms with E-state index in [9.17, 15) is 0 Å². The zero-order chi connectivity index (χ0) is 15.4. The van der Waals surface area contributed by atoms with Crippen LogP contribution in [0.1, 0.15) is 33.1 Å². The molecule has 0 amide bonds. The molecule has 6 heteroatoms. The Balaban J connectivity index is 2.90. The molecule has 0 atom stereocenters. The van der Waals surface area contributed by atoms with E-state index < -0.39 is 0 Å². The van der Waals surface area contributed by atoms with Crippen LogP contribution in [-0.4, -0.2) is 69.2 Å². The van der Waals surface area contributed by atoms with Crippen LogP contribution in [0.2, 0.25) is 6.04 Å². The predicted molar refractivity (Wildman–Crippen MR) is 85.0 cm³/mol. The van der Waals surface area contributed by atoms with E-state index in [4.69, 9.17) is 23.4 Å². The van der Waals surface area contributed by atoms with Gasteiger partial charge in [0, 0.05) is 6.61 Å².